The average Bonchev–Trinajstić information content (AvgIpc) is 3.09. The highest BCUT2D eigenvalue weighted by atomic mass is 32.2. The van der Waals surface area contributed by atoms with Gasteiger partial charge in [-0.15, -0.1) is 11.8 Å². The van der Waals surface area contributed by atoms with Crippen LogP contribution in [-0.2, 0) is 15.1 Å². The Hall–Kier alpha value is -2.06. The van der Waals surface area contributed by atoms with E-state index in [9.17, 15) is 14.4 Å². The van der Waals surface area contributed by atoms with E-state index in [1.165, 1.54) is 0 Å². The van der Waals surface area contributed by atoms with E-state index in [1.807, 2.05) is 0 Å². The topological polar surface area (TPSA) is 99.3 Å². The zero-order valence-electron chi connectivity index (χ0n) is 11.9. The third kappa shape index (κ3) is 2.67. The highest BCUT2D eigenvalue weighted by Gasteiger charge is 2.43. The van der Waals surface area contributed by atoms with Crippen LogP contribution in [0.3, 0.4) is 0 Å². The van der Waals surface area contributed by atoms with Crippen molar-refractivity contribution in [3.8, 4) is 0 Å². The Kier molecular flexibility index (Phi) is 3.79. The van der Waals surface area contributed by atoms with Crippen molar-refractivity contribution in [2.24, 2.45) is 0 Å². The standard InChI is InChI=1S/C14H16N4O3S/c1-14(12(20)17-13(21)18-14)8-3-2-4-9(5-8)16-11(19)10-6-22-7-15-10/h2-5,10,15H,6-7H2,1H3,(H,16,19)(H2,17,18,20,21). The van der Waals surface area contributed by atoms with Crippen molar-refractivity contribution in [3.05, 3.63) is 29.8 Å². The summed E-state index contributed by atoms with van der Waals surface area (Å²) in [5.41, 5.74) is 0.0815. The van der Waals surface area contributed by atoms with Crippen LogP contribution in [0, 0.1) is 0 Å². The maximum Gasteiger partial charge on any atom is 0.322 e. The number of thioether (sulfide) groups is 1. The van der Waals surface area contributed by atoms with Gasteiger partial charge in [-0.3, -0.25) is 20.2 Å². The van der Waals surface area contributed by atoms with Crippen molar-refractivity contribution in [2.45, 2.75) is 18.5 Å². The Balaban J connectivity index is 1.79. The van der Waals surface area contributed by atoms with Crippen molar-refractivity contribution in [2.75, 3.05) is 16.9 Å². The van der Waals surface area contributed by atoms with Crippen molar-refractivity contribution < 1.29 is 14.4 Å². The number of hydrogen-bond acceptors (Lipinski definition) is 5. The van der Waals surface area contributed by atoms with Crippen LogP contribution >= 0.6 is 11.8 Å². The SMILES string of the molecule is CC1(c2cccc(NC(=O)C3CSCN3)c2)NC(=O)NC1=O. The molecule has 2 fully saturated rings. The Morgan fingerprint density at radius 1 is 1.41 bits per heavy atom. The molecule has 2 atom stereocenters. The third-order valence-electron chi connectivity index (χ3n) is 3.78. The van der Waals surface area contributed by atoms with Gasteiger partial charge in [-0.05, 0) is 24.6 Å². The van der Waals surface area contributed by atoms with Crippen molar-refractivity contribution in [1.82, 2.24) is 16.0 Å². The Morgan fingerprint density at radius 3 is 2.86 bits per heavy atom. The smallest absolute Gasteiger partial charge is 0.322 e. The van der Waals surface area contributed by atoms with Gasteiger partial charge in [0.05, 0.1) is 6.04 Å². The third-order valence-corrected chi connectivity index (χ3v) is 4.72. The molecule has 4 N–H and O–H groups in total. The van der Waals surface area contributed by atoms with E-state index >= 15 is 0 Å². The van der Waals surface area contributed by atoms with Crippen LogP contribution in [-0.4, -0.2) is 35.5 Å². The lowest BCUT2D eigenvalue weighted by atomic mass is 9.92. The number of benzene rings is 1. The minimum Gasteiger partial charge on any atom is -0.325 e. The molecular formula is C14H16N4O3S. The molecule has 0 aliphatic carbocycles. The lowest BCUT2D eigenvalue weighted by Crippen LogP contribution is -2.40. The second-order valence-corrected chi connectivity index (χ2v) is 6.41. The molecule has 2 aliphatic rings. The van der Waals surface area contributed by atoms with Gasteiger partial charge in [-0.1, -0.05) is 12.1 Å². The minimum absolute atomic E-state index is 0.104. The monoisotopic (exact) mass is 320 g/mol. The van der Waals surface area contributed by atoms with Crippen LogP contribution in [0.2, 0.25) is 0 Å². The number of nitrogens with one attached hydrogen (secondary N) is 4. The van der Waals surface area contributed by atoms with Gasteiger partial charge in [0, 0.05) is 17.3 Å². The molecule has 1 aromatic rings. The fourth-order valence-corrected chi connectivity index (χ4v) is 3.39. The second kappa shape index (κ2) is 5.62. The first-order valence-electron chi connectivity index (χ1n) is 6.85. The Morgan fingerprint density at radius 2 is 2.23 bits per heavy atom. The summed E-state index contributed by atoms with van der Waals surface area (Å²) < 4.78 is 0. The quantitative estimate of drug-likeness (QED) is 0.602. The number of imide groups is 1. The number of amides is 4. The molecule has 8 heteroatoms. The molecule has 2 saturated heterocycles. The maximum absolute atomic E-state index is 12.1. The summed E-state index contributed by atoms with van der Waals surface area (Å²) in [4.78, 5) is 35.4. The van der Waals surface area contributed by atoms with Crippen molar-refractivity contribution >= 4 is 35.3 Å². The summed E-state index contributed by atoms with van der Waals surface area (Å²) in [5, 5.41) is 10.8. The van der Waals surface area contributed by atoms with E-state index in [0.717, 1.165) is 11.6 Å². The number of carbonyl (C=O) groups excluding carboxylic acids is 3. The summed E-state index contributed by atoms with van der Waals surface area (Å²) in [7, 11) is 0. The van der Waals surface area contributed by atoms with Gasteiger partial charge in [-0.2, -0.15) is 0 Å². The van der Waals surface area contributed by atoms with Crippen LogP contribution in [0.4, 0.5) is 10.5 Å². The largest absolute Gasteiger partial charge is 0.325 e. The fraction of sp³-hybridized carbons (Fsp3) is 0.357. The molecule has 1 aromatic carbocycles. The fourth-order valence-electron chi connectivity index (χ4n) is 2.45. The van der Waals surface area contributed by atoms with Crippen LogP contribution in [0.15, 0.2) is 24.3 Å². The molecule has 7 nitrogen and oxygen atoms in total. The van der Waals surface area contributed by atoms with E-state index < -0.39 is 17.5 Å². The second-order valence-electron chi connectivity index (χ2n) is 5.38. The summed E-state index contributed by atoms with van der Waals surface area (Å²) in [6, 6.07) is 6.20. The number of urea groups is 1. The molecular weight excluding hydrogens is 304 g/mol. The highest BCUT2D eigenvalue weighted by molar-refractivity contribution is 7.99. The molecule has 0 saturated carbocycles. The molecule has 2 aliphatic heterocycles. The predicted molar refractivity (Wildman–Crippen MR) is 83.3 cm³/mol. The lowest BCUT2D eigenvalue weighted by molar-refractivity contribution is -0.123. The molecule has 3 rings (SSSR count). The van der Waals surface area contributed by atoms with Gasteiger partial charge in [0.15, 0.2) is 0 Å². The van der Waals surface area contributed by atoms with Crippen molar-refractivity contribution in [1.29, 1.82) is 0 Å². The maximum atomic E-state index is 12.1. The van der Waals surface area contributed by atoms with Crippen LogP contribution in [0.5, 0.6) is 0 Å². The molecule has 0 radical (unpaired) electrons. The first-order valence-corrected chi connectivity index (χ1v) is 8.00. The van der Waals surface area contributed by atoms with Gasteiger partial charge >= 0.3 is 6.03 Å². The molecule has 0 spiro atoms. The van der Waals surface area contributed by atoms with Crippen LogP contribution in [0.25, 0.3) is 0 Å². The van der Waals surface area contributed by atoms with Crippen LogP contribution < -0.4 is 21.3 Å². The van der Waals surface area contributed by atoms with E-state index in [1.54, 1.807) is 43.0 Å². The van der Waals surface area contributed by atoms with Crippen LogP contribution in [0.1, 0.15) is 12.5 Å². The van der Waals surface area contributed by atoms with Gasteiger partial charge in [0.1, 0.15) is 5.54 Å². The number of hydrogen-bond donors (Lipinski definition) is 4. The number of anilines is 1. The predicted octanol–water partition coefficient (Wildman–Crippen LogP) is 0.342. The number of carbonyl (C=O) groups is 3. The van der Waals surface area contributed by atoms with E-state index in [-0.39, 0.29) is 11.9 Å². The molecule has 4 amide bonds. The summed E-state index contributed by atoms with van der Waals surface area (Å²) in [5.74, 6) is 0.992. The van der Waals surface area contributed by atoms with Gasteiger partial charge < -0.3 is 10.6 Å². The summed E-state index contributed by atoms with van der Waals surface area (Å²) in [6.45, 7) is 1.63. The minimum atomic E-state index is -1.13. The molecule has 22 heavy (non-hydrogen) atoms. The molecule has 2 heterocycles. The molecule has 0 bridgehead atoms. The molecule has 0 aromatic heterocycles. The molecule has 2 unspecified atom stereocenters. The van der Waals surface area contributed by atoms with E-state index in [4.69, 9.17) is 0 Å². The lowest BCUT2D eigenvalue weighted by Gasteiger charge is -2.22. The zero-order valence-corrected chi connectivity index (χ0v) is 12.8. The normalized spacial score (nSPS) is 27.4. The highest BCUT2D eigenvalue weighted by Crippen LogP contribution is 2.26. The van der Waals surface area contributed by atoms with Crippen molar-refractivity contribution in [3.63, 3.8) is 0 Å². The number of rotatable bonds is 3. The summed E-state index contributed by atoms with van der Waals surface area (Å²) in [6.07, 6.45) is 0. The van der Waals surface area contributed by atoms with Gasteiger partial charge in [0.2, 0.25) is 5.91 Å². The van der Waals surface area contributed by atoms with E-state index in [2.05, 4.69) is 21.3 Å². The first kappa shape index (κ1) is 14.9. The summed E-state index contributed by atoms with van der Waals surface area (Å²) >= 11 is 1.67. The van der Waals surface area contributed by atoms with E-state index in [0.29, 0.717) is 11.3 Å². The Labute approximate surface area is 131 Å². The van der Waals surface area contributed by atoms with Gasteiger partial charge in [-0.25, -0.2) is 4.79 Å². The zero-order chi connectivity index (χ0) is 15.7. The molecule has 116 valence electrons. The Bertz CT molecular complexity index is 645. The average molecular weight is 320 g/mol. The first-order chi connectivity index (χ1) is 10.5. The van der Waals surface area contributed by atoms with Gasteiger partial charge in [0.25, 0.3) is 5.91 Å².